The molecule has 2 aromatic heterocycles. The maximum absolute atomic E-state index is 4.35. The molecule has 6 heteroatoms. The van der Waals surface area contributed by atoms with Crippen LogP contribution in [-0.4, -0.2) is 26.3 Å². The molecule has 0 aliphatic rings. The van der Waals surface area contributed by atoms with Crippen molar-refractivity contribution in [3.63, 3.8) is 0 Å². The molecule has 1 N–H and O–H groups in total. The van der Waals surface area contributed by atoms with Crippen LogP contribution in [-0.2, 0) is 0 Å². The Bertz CT molecular complexity index is 494. The molecule has 0 bridgehead atoms. The molecule has 84 valence electrons. The molecule has 2 rings (SSSR count). The summed E-state index contributed by atoms with van der Waals surface area (Å²) >= 11 is 2.22. The normalized spacial score (nSPS) is 10.4. The van der Waals surface area contributed by atoms with Gasteiger partial charge in [0.15, 0.2) is 5.82 Å². The molecule has 0 unspecified atom stereocenters. The number of nitrogens with one attached hydrogen (secondary N) is 1. The maximum Gasteiger partial charge on any atom is 0.159 e. The van der Waals surface area contributed by atoms with Gasteiger partial charge in [0.2, 0.25) is 0 Å². The predicted molar refractivity (Wildman–Crippen MR) is 70.8 cm³/mol. The van der Waals surface area contributed by atoms with Crippen LogP contribution in [0.25, 0.3) is 5.82 Å². The van der Waals surface area contributed by atoms with Crippen molar-refractivity contribution < 1.29 is 0 Å². The lowest BCUT2D eigenvalue weighted by Gasteiger charge is -2.06. The Kier molecular flexibility index (Phi) is 3.37. The average molecular weight is 329 g/mol. The second kappa shape index (κ2) is 4.77. The SMILES string of the molecule is CCNc1cc(-n2cc(I)cn2)nc(C)n1. The summed E-state index contributed by atoms with van der Waals surface area (Å²) in [7, 11) is 0. The van der Waals surface area contributed by atoms with Gasteiger partial charge in [0.05, 0.1) is 9.77 Å². The summed E-state index contributed by atoms with van der Waals surface area (Å²) in [6.45, 7) is 4.75. The fourth-order valence-corrected chi connectivity index (χ4v) is 1.76. The molecule has 5 nitrogen and oxygen atoms in total. The minimum absolute atomic E-state index is 0.735. The van der Waals surface area contributed by atoms with Gasteiger partial charge in [-0.25, -0.2) is 14.6 Å². The number of anilines is 1. The Labute approximate surface area is 107 Å². The molecule has 0 atom stereocenters. The lowest BCUT2D eigenvalue weighted by Crippen LogP contribution is -2.06. The standard InChI is InChI=1S/C10H12IN5/c1-3-12-9-4-10(15-7(2)14-9)16-6-8(11)5-13-16/h4-6H,3H2,1-2H3,(H,12,14,15). The zero-order valence-corrected chi connectivity index (χ0v) is 11.3. The van der Waals surface area contributed by atoms with E-state index in [9.17, 15) is 0 Å². The van der Waals surface area contributed by atoms with Crippen molar-refractivity contribution in [1.29, 1.82) is 0 Å². The fraction of sp³-hybridized carbons (Fsp3) is 0.300. The Balaban J connectivity index is 2.40. The van der Waals surface area contributed by atoms with Crippen LogP contribution in [0.3, 0.4) is 0 Å². The molecule has 2 aromatic rings. The number of aromatic nitrogens is 4. The van der Waals surface area contributed by atoms with E-state index in [0.29, 0.717) is 0 Å². The van der Waals surface area contributed by atoms with E-state index in [1.54, 1.807) is 10.9 Å². The van der Waals surface area contributed by atoms with Crippen molar-refractivity contribution >= 4 is 28.4 Å². The van der Waals surface area contributed by atoms with Crippen LogP contribution in [0, 0.1) is 10.5 Å². The first kappa shape index (κ1) is 11.3. The Morgan fingerprint density at radius 2 is 2.25 bits per heavy atom. The second-order valence-corrected chi connectivity index (χ2v) is 4.54. The van der Waals surface area contributed by atoms with Gasteiger partial charge in [-0.15, -0.1) is 0 Å². The van der Waals surface area contributed by atoms with Crippen molar-refractivity contribution in [2.75, 3.05) is 11.9 Å². The van der Waals surface area contributed by atoms with Crippen LogP contribution >= 0.6 is 22.6 Å². The second-order valence-electron chi connectivity index (χ2n) is 3.29. The molecule has 16 heavy (non-hydrogen) atoms. The number of hydrogen-bond donors (Lipinski definition) is 1. The summed E-state index contributed by atoms with van der Waals surface area (Å²) in [4.78, 5) is 8.64. The zero-order chi connectivity index (χ0) is 11.5. The van der Waals surface area contributed by atoms with E-state index in [2.05, 4.69) is 43.0 Å². The summed E-state index contributed by atoms with van der Waals surface area (Å²) in [5.41, 5.74) is 0. The van der Waals surface area contributed by atoms with Crippen LogP contribution in [0.1, 0.15) is 12.7 Å². The minimum Gasteiger partial charge on any atom is -0.370 e. The van der Waals surface area contributed by atoms with Gasteiger partial charge < -0.3 is 5.32 Å². The van der Waals surface area contributed by atoms with Crippen molar-refractivity contribution in [3.05, 3.63) is 27.9 Å². The fourth-order valence-electron chi connectivity index (χ4n) is 1.37. The summed E-state index contributed by atoms with van der Waals surface area (Å²) in [5.74, 6) is 2.35. The Hall–Kier alpha value is -1.18. The van der Waals surface area contributed by atoms with Gasteiger partial charge in [-0.2, -0.15) is 5.10 Å². The average Bonchev–Trinajstić information content (AvgIpc) is 2.64. The zero-order valence-electron chi connectivity index (χ0n) is 9.11. The van der Waals surface area contributed by atoms with Gasteiger partial charge in [-0.1, -0.05) is 0 Å². The monoisotopic (exact) mass is 329 g/mol. The number of aryl methyl sites for hydroxylation is 1. The highest BCUT2D eigenvalue weighted by Gasteiger charge is 2.04. The molecule has 0 fully saturated rings. The molecular weight excluding hydrogens is 317 g/mol. The van der Waals surface area contributed by atoms with Crippen molar-refractivity contribution in [2.45, 2.75) is 13.8 Å². The van der Waals surface area contributed by atoms with E-state index in [1.165, 1.54) is 0 Å². The van der Waals surface area contributed by atoms with Gasteiger partial charge >= 0.3 is 0 Å². The third-order valence-corrected chi connectivity index (χ3v) is 2.53. The smallest absolute Gasteiger partial charge is 0.159 e. The van der Waals surface area contributed by atoms with Crippen molar-refractivity contribution in [2.24, 2.45) is 0 Å². The molecule has 0 spiro atoms. The largest absolute Gasteiger partial charge is 0.370 e. The van der Waals surface area contributed by atoms with Gasteiger partial charge in [-0.3, -0.25) is 0 Å². The highest BCUT2D eigenvalue weighted by Crippen LogP contribution is 2.11. The number of nitrogens with zero attached hydrogens (tertiary/aromatic N) is 4. The van der Waals surface area contributed by atoms with Crippen LogP contribution in [0.4, 0.5) is 5.82 Å². The van der Waals surface area contributed by atoms with E-state index in [0.717, 1.165) is 27.6 Å². The van der Waals surface area contributed by atoms with Gasteiger partial charge in [0.1, 0.15) is 11.6 Å². The molecule has 0 radical (unpaired) electrons. The van der Waals surface area contributed by atoms with Crippen LogP contribution < -0.4 is 5.32 Å². The summed E-state index contributed by atoms with van der Waals surface area (Å²) in [5, 5.41) is 7.39. The van der Waals surface area contributed by atoms with Crippen molar-refractivity contribution in [3.8, 4) is 5.82 Å². The first-order valence-corrected chi connectivity index (χ1v) is 6.07. The third-order valence-electron chi connectivity index (χ3n) is 1.97. The topological polar surface area (TPSA) is 55.6 Å². The predicted octanol–water partition coefficient (Wildman–Crippen LogP) is 2.01. The molecular formula is C10H12IN5. The van der Waals surface area contributed by atoms with E-state index in [-0.39, 0.29) is 0 Å². The van der Waals surface area contributed by atoms with E-state index in [1.807, 2.05) is 26.1 Å². The summed E-state index contributed by atoms with van der Waals surface area (Å²) in [6, 6.07) is 1.89. The Morgan fingerprint density at radius 1 is 1.44 bits per heavy atom. The van der Waals surface area contributed by atoms with Crippen molar-refractivity contribution in [1.82, 2.24) is 19.7 Å². The van der Waals surface area contributed by atoms with Gasteiger partial charge in [0, 0.05) is 18.8 Å². The first-order valence-electron chi connectivity index (χ1n) is 4.99. The van der Waals surface area contributed by atoms with Crippen LogP contribution in [0.2, 0.25) is 0 Å². The molecule has 0 saturated heterocycles. The summed E-state index contributed by atoms with van der Waals surface area (Å²) < 4.78 is 2.83. The Morgan fingerprint density at radius 3 is 2.88 bits per heavy atom. The third kappa shape index (κ3) is 2.49. The molecule has 0 saturated carbocycles. The molecule has 0 amide bonds. The quantitative estimate of drug-likeness (QED) is 0.876. The van der Waals surface area contributed by atoms with Crippen LogP contribution in [0.5, 0.6) is 0 Å². The number of halogens is 1. The molecule has 0 aliphatic carbocycles. The lowest BCUT2D eigenvalue weighted by atomic mass is 10.5. The summed E-state index contributed by atoms with van der Waals surface area (Å²) in [6.07, 6.45) is 3.73. The van der Waals surface area contributed by atoms with E-state index >= 15 is 0 Å². The molecule has 0 aliphatic heterocycles. The van der Waals surface area contributed by atoms with E-state index in [4.69, 9.17) is 0 Å². The van der Waals surface area contributed by atoms with Gasteiger partial charge in [0.25, 0.3) is 0 Å². The number of rotatable bonds is 3. The minimum atomic E-state index is 0.735. The molecule has 0 aromatic carbocycles. The maximum atomic E-state index is 4.35. The highest BCUT2D eigenvalue weighted by molar-refractivity contribution is 14.1. The van der Waals surface area contributed by atoms with Crippen LogP contribution in [0.15, 0.2) is 18.5 Å². The molecule has 2 heterocycles. The van der Waals surface area contributed by atoms with Gasteiger partial charge in [-0.05, 0) is 36.4 Å². The number of hydrogen-bond acceptors (Lipinski definition) is 4. The highest BCUT2D eigenvalue weighted by atomic mass is 127. The first-order chi connectivity index (χ1) is 7.69. The lowest BCUT2D eigenvalue weighted by molar-refractivity contribution is 0.828. The van der Waals surface area contributed by atoms with E-state index < -0.39 is 0 Å².